The summed E-state index contributed by atoms with van der Waals surface area (Å²) in [6.45, 7) is 1.19. The average Bonchev–Trinajstić information content (AvgIpc) is 2.63. The highest BCUT2D eigenvalue weighted by molar-refractivity contribution is 4.93. The van der Waals surface area contributed by atoms with Crippen LogP contribution in [0.2, 0.25) is 0 Å². The lowest BCUT2D eigenvalue weighted by atomic mass is 10.00. The van der Waals surface area contributed by atoms with E-state index in [1.807, 2.05) is 13.2 Å². The zero-order chi connectivity index (χ0) is 9.80. The van der Waals surface area contributed by atoms with E-state index in [9.17, 15) is 0 Å². The topological polar surface area (TPSA) is 42.7 Å². The van der Waals surface area contributed by atoms with E-state index in [-0.39, 0.29) is 0 Å². The second kappa shape index (κ2) is 4.55. The number of rotatable bonds is 3. The van der Waals surface area contributed by atoms with Gasteiger partial charge < -0.3 is 5.32 Å². The molecule has 1 atom stereocenters. The van der Waals surface area contributed by atoms with Gasteiger partial charge in [-0.1, -0.05) is 11.6 Å². The van der Waals surface area contributed by atoms with Crippen LogP contribution in [0, 0.1) is 0 Å². The van der Waals surface area contributed by atoms with Gasteiger partial charge in [-0.2, -0.15) is 0 Å². The second-order valence-corrected chi connectivity index (χ2v) is 4.07. The molecule has 0 aliphatic carbocycles. The Morgan fingerprint density at radius 1 is 1.57 bits per heavy atom. The van der Waals surface area contributed by atoms with Crippen molar-refractivity contribution in [1.29, 1.82) is 0 Å². The third-order valence-electron chi connectivity index (χ3n) is 2.81. The molecule has 0 bridgehead atoms. The lowest BCUT2D eigenvalue weighted by molar-refractivity contribution is 0.382. The van der Waals surface area contributed by atoms with Crippen LogP contribution in [0.25, 0.3) is 0 Å². The van der Waals surface area contributed by atoms with Crippen molar-refractivity contribution in [2.24, 2.45) is 7.05 Å². The summed E-state index contributed by atoms with van der Waals surface area (Å²) in [4.78, 5) is 0. The van der Waals surface area contributed by atoms with E-state index in [2.05, 4.69) is 15.6 Å². The maximum Gasteiger partial charge on any atom is 0.0827 e. The molecule has 2 heterocycles. The zero-order valence-electron chi connectivity index (χ0n) is 8.74. The van der Waals surface area contributed by atoms with E-state index in [0.717, 1.165) is 12.1 Å². The average molecular weight is 194 g/mol. The largest absolute Gasteiger partial charge is 0.314 e. The van der Waals surface area contributed by atoms with Gasteiger partial charge in [-0.25, -0.2) is 0 Å². The molecule has 4 nitrogen and oxygen atoms in total. The molecule has 0 radical (unpaired) electrons. The summed E-state index contributed by atoms with van der Waals surface area (Å²) in [5, 5.41) is 11.6. The predicted molar refractivity (Wildman–Crippen MR) is 55.0 cm³/mol. The van der Waals surface area contributed by atoms with Crippen LogP contribution in [-0.2, 0) is 13.5 Å². The molecule has 0 aromatic carbocycles. The molecule has 4 heteroatoms. The van der Waals surface area contributed by atoms with Crippen LogP contribution in [0.4, 0.5) is 0 Å². The van der Waals surface area contributed by atoms with E-state index >= 15 is 0 Å². The monoisotopic (exact) mass is 194 g/mol. The molecule has 1 aromatic heterocycles. The van der Waals surface area contributed by atoms with Crippen molar-refractivity contribution >= 4 is 0 Å². The smallest absolute Gasteiger partial charge is 0.0827 e. The molecule has 2 rings (SSSR count). The van der Waals surface area contributed by atoms with Gasteiger partial charge in [0.25, 0.3) is 0 Å². The molecule has 0 saturated carbocycles. The molecule has 78 valence electrons. The Hall–Kier alpha value is -0.900. The van der Waals surface area contributed by atoms with Gasteiger partial charge in [-0.05, 0) is 32.2 Å². The molecule has 1 aromatic rings. The Balaban J connectivity index is 1.76. The Kier molecular flexibility index (Phi) is 3.14. The molecular weight excluding hydrogens is 176 g/mol. The first-order valence-corrected chi connectivity index (χ1v) is 5.43. The normalized spacial score (nSPS) is 22.5. The fourth-order valence-corrected chi connectivity index (χ4v) is 2.00. The summed E-state index contributed by atoms with van der Waals surface area (Å²) in [7, 11) is 1.91. The van der Waals surface area contributed by atoms with Gasteiger partial charge in [0.2, 0.25) is 0 Å². The van der Waals surface area contributed by atoms with Gasteiger partial charge in [-0.3, -0.25) is 4.68 Å². The first kappa shape index (κ1) is 9.65. The van der Waals surface area contributed by atoms with Crippen molar-refractivity contribution in [1.82, 2.24) is 20.3 Å². The Bertz CT molecular complexity index is 275. The fourth-order valence-electron chi connectivity index (χ4n) is 2.00. The first-order valence-electron chi connectivity index (χ1n) is 5.43. The minimum absolute atomic E-state index is 0.700. The standard InChI is InChI=1S/C10H18N4/c1-14-8-10(12-13-14)6-5-9-4-2-3-7-11-9/h8-9,11H,2-7H2,1H3. The molecule has 1 fully saturated rings. The van der Waals surface area contributed by atoms with Crippen molar-refractivity contribution in [2.75, 3.05) is 6.54 Å². The number of hydrogen-bond acceptors (Lipinski definition) is 3. The predicted octanol–water partition coefficient (Wildman–Crippen LogP) is 0.890. The first-order chi connectivity index (χ1) is 6.84. The minimum atomic E-state index is 0.700. The highest BCUT2D eigenvalue weighted by Gasteiger charge is 2.12. The SMILES string of the molecule is Cn1cc(CCC2CCCCN2)nn1. The lowest BCUT2D eigenvalue weighted by Gasteiger charge is -2.22. The summed E-state index contributed by atoms with van der Waals surface area (Å²) in [6, 6.07) is 0.700. The van der Waals surface area contributed by atoms with Crippen molar-refractivity contribution in [3.8, 4) is 0 Å². The van der Waals surface area contributed by atoms with Gasteiger partial charge in [-0.15, -0.1) is 5.10 Å². The highest BCUT2D eigenvalue weighted by atomic mass is 15.4. The van der Waals surface area contributed by atoms with Crippen LogP contribution >= 0.6 is 0 Å². The summed E-state index contributed by atoms with van der Waals surface area (Å²) in [5.41, 5.74) is 1.11. The number of hydrogen-bond donors (Lipinski definition) is 1. The van der Waals surface area contributed by atoms with E-state index in [4.69, 9.17) is 0 Å². The third-order valence-corrected chi connectivity index (χ3v) is 2.81. The van der Waals surface area contributed by atoms with Crippen LogP contribution in [0.3, 0.4) is 0 Å². The molecule has 0 spiro atoms. The van der Waals surface area contributed by atoms with E-state index < -0.39 is 0 Å². The number of aromatic nitrogens is 3. The van der Waals surface area contributed by atoms with Crippen molar-refractivity contribution in [2.45, 2.75) is 38.1 Å². The van der Waals surface area contributed by atoms with Crippen molar-refractivity contribution in [3.63, 3.8) is 0 Å². The zero-order valence-corrected chi connectivity index (χ0v) is 8.74. The molecule has 1 aliphatic rings. The summed E-state index contributed by atoms with van der Waals surface area (Å²) >= 11 is 0. The van der Waals surface area contributed by atoms with Crippen LogP contribution in [0.15, 0.2) is 6.20 Å². The molecule has 1 aliphatic heterocycles. The van der Waals surface area contributed by atoms with Gasteiger partial charge in [0.1, 0.15) is 0 Å². The van der Waals surface area contributed by atoms with Crippen molar-refractivity contribution < 1.29 is 0 Å². The number of nitrogens with zero attached hydrogens (tertiary/aromatic N) is 3. The minimum Gasteiger partial charge on any atom is -0.314 e. The van der Waals surface area contributed by atoms with Crippen LogP contribution in [0.1, 0.15) is 31.4 Å². The number of aryl methyl sites for hydroxylation is 2. The molecule has 1 N–H and O–H groups in total. The van der Waals surface area contributed by atoms with Crippen LogP contribution in [-0.4, -0.2) is 27.6 Å². The van der Waals surface area contributed by atoms with Gasteiger partial charge in [0, 0.05) is 19.3 Å². The Labute approximate surface area is 84.7 Å². The molecule has 14 heavy (non-hydrogen) atoms. The quantitative estimate of drug-likeness (QED) is 0.777. The number of nitrogens with one attached hydrogen (secondary N) is 1. The summed E-state index contributed by atoms with van der Waals surface area (Å²) in [6.07, 6.45) is 8.27. The second-order valence-electron chi connectivity index (χ2n) is 4.07. The van der Waals surface area contributed by atoms with Gasteiger partial charge in [0.15, 0.2) is 0 Å². The van der Waals surface area contributed by atoms with E-state index in [0.29, 0.717) is 6.04 Å². The Morgan fingerprint density at radius 3 is 3.14 bits per heavy atom. The summed E-state index contributed by atoms with van der Waals surface area (Å²) in [5.74, 6) is 0. The Morgan fingerprint density at radius 2 is 2.50 bits per heavy atom. The lowest BCUT2D eigenvalue weighted by Crippen LogP contribution is -2.34. The van der Waals surface area contributed by atoms with Crippen LogP contribution < -0.4 is 5.32 Å². The van der Waals surface area contributed by atoms with Gasteiger partial charge in [0.05, 0.1) is 5.69 Å². The highest BCUT2D eigenvalue weighted by Crippen LogP contribution is 2.12. The van der Waals surface area contributed by atoms with E-state index in [1.54, 1.807) is 4.68 Å². The molecule has 0 amide bonds. The number of piperidine rings is 1. The van der Waals surface area contributed by atoms with Gasteiger partial charge >= 0.3 is 0 Å². The van der Waals surface area contributed by atoms with Crippen molar-refractivity contribution in [3.05, 3.63) is 11.9 Å². The molecule has 1 unspecified atom stereocenters. The maximum absolute atomic E-state index is 4.09. The molecule has 1 saturated heterocycles. The maximum atomic E-state index is 4.09. The summed E-state index contributed by atoms with van der Waals surface area (Å²) < 4.78 is 1.77. The van der Waals surface area contributed by atoms with Crippen LogP contribution in [0.5, 0.6) is 0 Å². The molecular formula is C10H18N4. The third kappa shape index (κ3) is 2.54. The fraction of sp³-hybridized carbons (Fsp3) is 0.800. The van der Waals surface area contributed by atoms with E-state index in [1.165, 1.54) is 32.2 Å².